The molecule has 0 unspecified atom stereocenters. The third-order valence-corrected chi connectivity index (χ3v) is 4.82. The zero-order chi connectivity index (χ0) is 20.4. The second-order valence-electron chi connectivity index (χ2n) is 6.67. The lowest BCUT2D eigenvalue weighted by Crippen LogP contribution is -2.13. The Morgan fingerprint density at radius 1 is 1.03 bits per heavy atom. The number of carbonyl (C=O) groups is 1. The highest BCUT2D eigenvalue weighted by atomic mass is 35.5. The molecular formula is C23H18ClN3O2. The number of benzene rings is 3. The molecule has 1 heterocycles. The minimum atomic E-state index is -0.381. The van der Waals surface area contributed by atoms with E-state index in [-0.39, 0.29) is 18.2 Å². The number of H-pyrrole nitrogens is 1. The molecule has 1 amide bonds. The summed E-state index contributed by atoms with van der Waals surface area (Å²) in [6, 6.07) is 22.3. The predicted octanol–water partition coefficient (Wildman–Crippen LogP) is 4.72. The highest BCUT2D eigenvalue weighted by molar-refractivity contribution is 6.31. The summed E-state index contributed by atoms with van der Waals surface area (Å²) in [5.74, 6) is -0.358. The molecule has 0 spiro atoms. The van der Waals surface area contributed by atoms with Crippen LogP contribution >= 0.6 is 11.6 Å². The van der Waals surface area contributed by atoms with E-state index < -0.39 is 0 Å². The van der Waals surface area contributed by atoms with E-state index in [2.05, 4.69) is 4.98 Å². The fourth-order valence-electron chi connectivity index (χ4n) is 3.27. The van der Waals surface area contributed by atoms with Crippen LogP contribution in [-0.2, 0) is 11.2 Å². The number of carbonyl (C=O) groups excluding carboxylic acids is 1. The maximum atomic E-state index is 11.1. The third kappa shape index (κ3) is 4.00. The number of amides is 1. The highest BCUT2D eigenvalue weighted by Gasteiger charge is 2.18. The van der Waals surface area contributed by atoms with Crippen LogP contribution in [0.15, 0.2) is 77.8 Å². The number of rotatable bonds is 5. The van der Waals surface area contributed by atoms with Crippen LogP contribution in [0, 0.1) is 0 Å². The fourth-order valence-corrected chi connectivity index (χ4v) is 3.45. The lowest BCUT2D eigenvalue weighted by molar-refractivity contribution is -0.117. The molecule has 0 fully saturated rings. The SMILES string of the molecule is NC(=O)Cc1ccc(N=C(c2ccccc2)c2c(O)[nH]c3cc(Cl)ccc23)cc1. The largest absolute Gasteiger partial charge is 0.494 e. The molecule has 0 aliphatic heterocycles. The minimum Gasteiger partial charge on any atom is -0.494 e. The van der Waals surface area contributed by atoms with Gasteiger partial charge in [0.15, 0.2) is 5.88 Å². The molecule has 4 rings (SSSR count). The fraction of sp³-hybridized carbons (Fsp3) is 0.0435. The van der Waals surface area contributed by atoms with Gasteiger partial charge in [0.05, 0.1) is 28.9 Å². The first-order valence-corrected chi connectivity index (χ1v) is 9.41. The monoisotopic (exact) mass is 403 g/mol. The molecule has 3 aromatic carbocycles. The van der Waals surface area contributed by atoms with E-state index in [0.717, 1.165) is 22.0 Å². The number of aliphatic imine (C=N–C) groups is 1. The predicted molar refractivity (Wildman–Crippen MR) is 116 cm³/mol. The van der Waals surface area contributed by atoms with Crippen molar-refractivity contribution in [1.29, 1.82) is 0 Å². The number of hydrogen-bond acceptors (Lipinski definition) is 3. The molecule has 0 aliphatic rings. The van der Waals surface area contributed by atoms with E-state index in [1.54, 1.807) is 12.1 Å². The van der Waals surface area contributed by atoms with Crippen LogP contribution in [0.3, 0.4) is 0 Å². The van der Waals surface area contributed by atoms with Crippen molar-refractivity contribution in [3.05, 3.63) is 94.5 Å². The summed E-state index contributed by atoms with van der Waals surface area (Å²) >= 11 is 6.09. The van der Waals surface area contributed by atoms with Gasteiger partial charge in [-0.3, -0.25) is 4.79 Å². The van der Waals surface area contributed by atoms with Crippen molar-refractivity contribution in [3.63, 3.8) is 0 Å². The highest BCUT2D eigenvalue weighted by Crippen LogP contribution is 2.32. The molecule has 144 valence electrons. The molecule has 0 saturated carbocycles. The number of nitrogens with two attached hydrogens (primary N) is 1. The standard InChI is InChI=1S/C23H18ClN3O2/c24-16-8-11-18-19(13-16)27-23(29)21(18)22(15-4-2-1-3-5-15)26-17-9-6-14(7-10-17)12-20(25)28/h1-11,13,27,29H,12H2,(H2,25,28). The van der Waals surface area contributed by atoms with Gasteiger partial charge in [-0.05, 0) is 29.8 Å². The molecule has 0 radical (unpaired) electrons. The molecule has 0 atom stereocenters. The zero-order valence-electron chi connectivity index (χ0n) is 15.4. The molecule has 29 heavy (non-hydrogen) atoms. The van der Waals surface area contributed by atoms with E-state index in [4.69, 9.17) is 22.3 Å². The Balaban J connectivity index is 1.87. The van der Waals surface area contributed by atoms with Crippen molar-refractivity contribution in [2.45, 2.75) is 6.42 Å². The quantitative estimate of drug-likeness (QED) is 0.420. The molecule has 1 aromatic heterocycles. The van der Waals surface area contributed by atoms with E-state index in [0.29, 0.717) is 22.0 Å². The van der Waals surface area contributed by atoms with Crippen LogP contribution in [0.1, 0.15) is 16.7 Å². The van der Waals surface area contributed by atoms with Crippen molar-refractivity contribution in [2.24, 2.45) is 10.7 Å². The van der Waals surface area contributed by atoms with E-state index in [9.17, 15) is 9.90 Å². The van der Waals surface area contributed by atoms with Crippen molar-refractivity contribution < 1.29 is 9.90 Å². The molecule has 0 saturated heterocycles. The Kier molecular flexibility index (Phi) is 5.06. The smallest absolute Gasteiger partial charge is 0.221 e. The lowest BCUT2D eigenvalue weighted by Gasteiger charge is -2.08. The van der Waals surface area contributed by atoms with Gasteiger partial charge in [0.2, 0.25) is 5.91 Å². The Labute approximate surface area is 172 Å². The third-order valence-electron chi connectivity index (χ3n) is 4.58. The summed E-state index contributed by atoms with van der Waals surface area (Å²) in [6.45, 7) is 0. The van der Waals surface area contributed by atoms with Gasteiger partial charge in [0.1, 0.15) is 0 Å². The summed E-state index contributed by atoms with van der Waals surface area (Å²) in [6.07, 6.45) is 0.180. The zero-order valence-corrected chi connectivity index (χ0v) is 16.1. The van der Waals surface area contributed by atoms with Crippen LogP contribution in [0.25, 0.3) is 10.9 Å². The maximum absolute atomic E-state index is 11.1. The summed E-state index contributed by atoms with van der Waals surface area (Å²) in [4.78, 5) is 18.9. The second-order valence-corrected chi connectivity index (χ2v) is 7.11. The van der Waals surface area contributed by atoms with Crippen molar-refractivity contribution >= 4 is 39.8 Å². The maximum Gasteiger partial charge on any atom is 0.221 e. The molecule has 4 N–H and O–H groups in total. The van der Waals surface area contributed by atoms with Gasteiger partial charge in [0.25, 0.3) is 0 Å². The summed E-state index contributed by atoms with van der Waals surface area (Å²) in [7, 11) is 0. The summed E-state index contributed by atoms with van der Waals surface area (Å²) < 4.78 is 0. The van der Waals surface area contributed by atoms with Gasteiger partial charge < -0.3 is 15.8 Å². The van der Waals surface area contributed by atoms with Gasteiger partial charge in [-0.25, -0.2) is 4.99 Å². The normalized spacial score (nSPS) is 11.7. The minimum absolute atomic E-state index is 0.0234. The van der Waals surface area contributed by atoms with Crippen molar-refractivity contribution in [3.8, 4) is 5.88 Å². The van der Waals surface area contributed by atoms with Crippen LogP contribution in [0.5, 0.6) is 5.88 Å². The number of aromatic nitrogens is 1. The Bertz CT molecular complexity index is 1210. The van der Waals surface area contributed by atoms with Crippen molar-refractivity contribution in [2.75, 3.05) is 0 Å². The molecule has 5 nitrogen and oxygen atoms in total. The first-order chi connectivity index (χ1) is 14.0. The number of nitrogens with one attached hydrogen (secondary N) is 1. The van der Waals surface area contributed by atoms with Crippen LogP contribution in [0.2, 0.25) is 5.02 Å². The molecule has 0 bridgehead atoms. The average molecular weight is 404 g/mol. The second kappa shape index (κ2) is 7.81. The number of aromatic hydroxyl groups is 1. The number of primary amides is 1. The van der Waals surface area contributed by atoms with Crippen molar-refractivity contribution in [1.82, 2.24) is 4.98 Å². The van der Waals surface area contributed by atoms with Gasteiger partial charge in [-0.1, -0.05) is 60.1 Å². The van der Waals surface area contributed by atoms with E-state index in [1.165, 1.54) is 0 Å². The Morgan fingerprint density at radius 3 is 2.45 bits per heavy atom. The lowest BCUT2D eigenvalue weighted by atomic mass is 10.0. The number of halogens is 1. The first kappa shape index (κ1) is 18.8. The summed E-state index contributed by atoms with van der Waals surface area (Å²) in [5, 5.41) is 12.0. The van der Waals surface area contributed by atoms with Gasteiger partial charge >= 0.3 is 0 Å². The molecule has 6 heteroatoms. The average Bonchev–Trinajstić information content (AvgIpc) is 3.02. The van der Waals surface area contributed by atoms with Crippen LogP contribution < -0.4 is 5.73 Å². The molecule has 4 aromatic rings. The number of aromatic amines is 1. The number of nitrogens with zero attached hydrogens (tertiary/aromatic N) is 1. The van der Waals surface area contributed by atoms with E-state index >= 15 is 0 Å². The molecular weight excluding hydrogens is 386 g/mol. The summed E-state index contributed by atoms with van der Waals surface area (Å²) in [5.41, 5.74) is 9.59. The number of fused-ring (bicyclic) bond motifs is 1. The van der Waals surface area contributed by atoms with Gasteiger partial charge in [-0.15, -0.1) is 0 Å². The van der Waals surface area contributed by atoms with Crippen LogP contribution in [-0.4, -0.2) is 21.7 Å². The first-order valence-electron chi connectivity index (χ1n) is 9.03. The van der Waals surface area contributed by atoms with Crippen LogP contribution in [0.4, 0.5) is 5.69 Å². The topological polar surface area (TPSA) is 91.5 Å². The Morgan fingerprint density at radius 2 is 1.76 bits per heavy atom. The Hall–Kier alpha value is -3.57. The van der Waals surface area contributed by atoms with E-state index in [1.807, 2.05) is 60.7 Å². The number of hydrogen-bond donors (Lipinski definition) is 3. The van der Waals surface area contributed by atoms with Gasteiger partial charge in [0, 0.05) is 16.0 Å². The van der Waals surface area contributed by atoms with Gasteiger partial charge in [-0.2, -0.15) is 0 Å². The molecule has 0 aliphatic carbocycles.